The Labute approximate surface area is 216 Å². The number of likely N-dealkylation sites (N-methyl/N-ethyl adjacent to an activating group) is 1. The molecule has 6 nitrogen and oxygen atoms in total. The number of urea groups is 1. The molecule has 0 radical (unpaired) electrons. The normalized spacial score (nSPS) is 24.0. The lowest BCUT2D eigenvalue weighted by atomic mass is 9.65. The molecular weight excluding hydrogens is 516 g/mol. The Morgan fingerprint density at radius 3 is 2.16 bits per heavy atom. The molecule has 1 saturated heterocycles. The largest absolute Gasteiger partial charge is 0.493 e. The van der Waals surface area contributed by atoms with Crippen LogP contribution in [0.3, 0.4) is 0 Å². The number of anilines is 1. The van der Waals surface area contributed by atoms with Crippen LogP contribution in [0.2, 0.25) is 0 Å². The van der Waals surface area contributed by atoms with E-state index in [0.717, 1.165) is 24.9 Å². The Morgan fingerprint density at radius 1 is 0.947 bits per heavy atom. The van der Waals surface area contributed by atoms with E-state index in [9.17, 15) is 31.1 Å². The van der Waals surface area contributed by atoms with Gasteiger partial charge in [0.05, 0.1) is 25.3 Å². The predicted octanol–water partition coefficient (Wildman–Crippen LogP) is 6.06. The Morgan fingerprint density at radius 2 is 1.58 bits per heavy atom. The number of carbonyl (C=O) groups excluding carboxylic acids is 1. The van der Waals surface area contributed by atoms with Gasteiger partial charge >= 0.3 is 18.4 Å². The summed E-state index contributed by atoms with van der Waals surface area (Å²) in [6.45, 7) is 0.836. The lowest BCUT2D eigenvalue weighted by Crippen LogP contribution is -2.52. The van der Waals surface area contributed by atoms with Crippen molar-refractivity contribution in [2.24, 2.45) is 0 Å². The van der Waals surface area contributed by atoms with E-state index < -0.39 is 35.2 Å². The molecule has 3 atom stereocenters. The lowest BCUT2D eigenvalue weighted by molar-refractivity contribution is -0.143. The average molecular weight is 546 g/mol. The fourth-order valence-electron chi connectivity index (χ4n) is 5.77. The maximum atomic E-state index is 13.2. The molecule has 2 fully saturated rings. The Balaban J connectivity index is 1.50. The highest BCUT2D eigenvalue weighted by molar-refractivity contribution is 5.89. The summed E-state index contributed by atoms with van der Waals surface area (Å²) in [4.78, 5) is 14.9. The molecule has 4 rings (SSSR count). The maximum Gasteiger partial charge on any atom is 0.416 e. The number of nitrogens with zero attached hydrogens (tertiary/aromatic N) is 1. The Bertz CT molecular complexity index is 1150. The van der Waals surface area contributed by atoms with Crippen LogP contribution in [0.25, 0.3) is 0 Å². The van der Waals surface area contributed by atoms with Crippen molar-refractivity contribution in [2.75, 3.05) is 33.1 Å². The van der Waals surface area contributed by atoms with Gasteiger partial charge in [0.2, 0.25) is 0 Å². The second kappa shape index (κ2) is 10.2. The first-order valence-corrected chi connectivity index (χ1v) is 12.1. The standard InChI is InChI=1S/C26H29F6N3O3/c1-35-9-8-24(15-4-5-20(37-2)21(13-15)38-3)7-6-18(14-22(24)35)33-23(36)34-19-11-16(25(27,28)29)10-17(12-19)26(30,31)32/h4-5,10-13,18,22H,6-9,14H2,1-3H3,(H2,33,34,36)/t18-,22+,24-/m0/s1. The molecule has 0 aromatic heterocycles. The summed E-state index contributed by atoms with van der Waals surface area (Å²) in [6.07, 6.45) is -7.23. The Kier molecular flexibility index (Phi) is 7.48. The number of benzene rings is 2. The monoisotopic (exact) mass is 545 g/mol. The quantitative estimate of drug-likeness (QED) is 0.449. The fraction of sp³-hybridized carbons (Fsp3) is 0.500. The topological polar surface area (TPSA) is 62.8 Å². The molecule has 1 saturated carbocycles. The molecule has 2 N–H and O–H groups in total. The second-order valence-electron chi connectivity index (χ2n) is 9.84. The summed E-state index contributed by atoms with van der Waals surface area (Å²) in [6, 6.07) is 5.73. The van der Waals surface area contributed by atoms with Crippen LogP contribution in [0.5, 0.6) is 11.5 Å². The number of hydrogen-bond acceptors (Lipinski definition) is 4. The van der Waals surface area contributed by atoms with Gasteiger partial charge in [-0.3, -0.25) is 0 Å². The molecule has 0 unspecified atom stereocenters. The van der Waals surface area contributed by atoms with Gasteiger partial charge in [0.15, 0.2) is 11.5 Å². The Hall–Kier alpha value is -3.15. The minimum absolute atomic E-state index is 0.0217. The zero-order valence-corrected chi connectivity index (χ0v) is 21.1. The van der Waals surface area contributed by atoms with E-state index in [1.54, 1.807) is 14.2 Å². The van der Waals surface area contributed by atoms with Crippen LogP contribution in [0.4, 0.5) is 36.8 Å². The van der Waals surface area contributed by atoms with Crippen LogP contribution in [0, 0.1) is 0 Å². The van der Waals surface area contributed by atoms with Crippen molar-refractivity contribution in [3.05, 3.63) is 53.1 Å². The minimum atomic E-state index is -5.00. The van der Waals surface area contributed by atoms with E-state index in [1.807, 2.05) is 25.2 Å². The number of halogens is 6. The van der Waals surface area contributed by atoms with Gasteiger partial charge in [-0.1, -0.05) is 6.07 Å². The number of fused-ring (bicyclic) bond motifs is 1. The van der Waals surface area contributed by atoms with Crippen LogP contribution in [-0.2, 0) is 17.8 Å². The number of ether oxygens (including phenoxy) is 2. The van der Waals surface area contributed by atoms with Gasteiger partial charge < -0.3 is 25.0 Å². The molecule has 2 amide bonds. The SMILES string of the molecule is COc1ccc([C@@]23CC[C@H](NC(=O)Nc4cc(C(F)(F)F)cc(C(F)(F)F)c4)C[C@H]2N(C)CC3)cc1OC. The number of hydrogen-bond donors (Lipinski definition) is 2. The summed E-state index contributed by atoms with van der Waals surface area (Å²) in [5.41, 5.74) is -2.67. The van der Waals surface area contributed by atoms with Gasteiger partial charge in [-0.05, 0) is 75.2 Å². The number of carbonyl (C=O) groups is 1. The molecule has 0 spiro atoms. The van der Waals surface area contributed by atoms with Gasteiger partial charge in [0.1, 0.15) is 0 Å². The molecule has 2 aliphatic rings. The van der Waals surface area contributed by atoms with E-state index in [4.69, 9.17) is 9.47 Å². The van der Waals surface area contributed by atoms with Crippen LogP contribution in [0.15, 0.2) is 36.4 Å². The van der Waals surface area contributed by atoms with Crippen molar-refractivity contribution in [3.63, 3.8) is 0 Å². The number of likely N-dealkylation sites (tertiary alicyclic amines) is 1. The highest BCUT2D eigenvalue weighted by atomic mass is 19.4. The van der Waals surface area contributed by atoms with Crippen LogP contribution < -0.4 is 20.1 Å². The zero-order valence-electron chi connectivity index (χ0n) is 21.1. The fourth-order valence-corrected chi connectivity index (χ4v) is 5.77. The van der Waals surface area contributed by atoms with Crippen LogP contribution in [-0.4, -0.2) is 50.8 Å². The molecule has 0 bridgehead atoms. The molecule has 2 aromatic carbocycles. The zero-order chi connectivity index (χ0) is 27.9. The molecule has 12 heteroatoms. The van der Waals surface area contributed by atoms with Crippen molar-refractivity contribution in [1.29, 1.82) is 0 Å². The summed E-state index contributed by atoms with van der Waals surface area (Å²) < 4.78 is 89.8. The van der Waals surface area contributed by atoms with Crippen molar-refractivity contribution in [3.8, 4) is 11.5 Å². The third-order valence-corrected chi connectivity index (χ3v) is 7.67. The van der Waals surface area contributed by atoms with Crippen molar-refractivity contribution in [1.82, 2.24) is 10.2 Å². The summed E-state index contributed by atoms with van der Waals surface area (Å²) in [5, 5.41) is 4.90. The molecular formula is C26H29F6N3O3. The van der Waals surface area contributed by atoms with Gasteiger partial charge in [-0.25, -0.2) is 4.79 Å². The summed E-state index contributed by atoms with van der Waals surface area (Å²) >= 11 is 0. The van der Waals surface area contributed by atoms with Crippen LogP contribution in [0.1, 0.15) is 42.4 Å². The summed E-state index contributed by atoms with van der Waals surface area (Å²) in [5.74, 6) is 1.23. The first kappa shape index (κ1) is 27.9. The van der Waals surface area contributed by atoms with Gasteiger partial charge in [0, 0.05) is 23.2 Å². The van der Waals surface area contributed by atoms with Crippen molar-refractivity contribution in [2.45, 2.75) is 55.5 Å². The maximum absolute atomic E-state index is 13.2. The number of methoxy groups -OCH3 is 2. The first-order chi connectivity index (χ1) is 17.8. The number of nitrogens with one attached hydrogen (secondary N) is 2. The smallest absolute Gasteiger partial charge is 0.416 e. The molecule has 208 valence electrons. The molecule has 1 heterocycles. The second-order valence-corrected chi connectivity index (χ2v) is 9.84. The number of amides is 2. The van der Waals surface area contributed by atoms with E-state index in [2.05, 4.69) is 15.5 Å². The third kappa shape index (κ3) is 5.50. The molecule has 1 aliphatic heterocycles. The van der Waals surface area contributed by atoms with Gasteiger partial charge in [0.25, 0.3) is 0 Å². The van der Waals surface area contributed by atoms with Crippen molar-refractivity contribution >= 4 is 11.7 Å². The lowest BCUT2D eigenvalue weighted by Gasteiger charge is -2.45. The van der Waals surface area contributed by atoms with E-state index in [0.29, 0.717) is 36.5 Å². The third-order valence-electron chi connectivity index (χ3n) is 7.67. The molecule has 2 aromatic rings. The number of alkyl halides is 6. The van der Waals surface area contributed by atoms with E-state index in [-0.39, 0.29) is 23.6 Å². The van der Waals surface area contributed by atoms with E-state index in [1.165, 1.54) is 0 Å². The summed E-state index contributed by atoms with van der Waals surface area (Å²) in [7, 11) is 5.13. The number of rotatable bonds is 5. The highest BCUT2D eigenvalue weighted by Crippen LogP contribution is 2.50. The first-order valence-electron chi connectivity index (χ1n) is 12.1. The predicted molar refractivity (Wildman–Crippen MR) is 128 cm³/mol. The van der Waals surface area contributed by atoms with Crippen LogP contribution >= 0.6 is 0 Å². The van der Waals surface area contributed by atoms with Gasteiger partial charge in [-0.2, -0.15) is 26.3 Å². The minimum Gasteiger partial charge on any atom is -0.493 e. The molecule has 1 aliphatic carbocycles. The molecule has 38 heavy (non-hydrogen) atoms. The van der Waals surface area contributed by atoms with Crippen molar-refractivity contribution < 1.29 is 40.6 Å². The van der Waals surface area contributed by atoms with Gasteiger partial charge in [-0.15, -0.1) is 0 Å². The highest BCUT2D eigenvalue weighted by Gasteiger charge is 2.50. The van der Waals surface area contributed by atoms with E-state index >= 15 is 0 Å². The average Bonchev–Trinajstić information content (AvgIpc) is 3.19.